The van der Waals surface area contributed by atoms with E-state index in [2.05, 4.69) is 20.2 Å². The highest BCUT2D eigenvalue weighted by Crippen LogP contribution is 2.26. The van der Waals surface area contributed by atoms with Gasteiger partial charge < -0.3 is 0 Å². The minimum Gasteiger partial charge on any atom is -0.289 e. The van der Waals surface area contributed by atoms with Crippen molar-refractivity contribution in [3.63, 3.8) is 0 Å². The first-order valence-corrected chi connectivity index (χ1v) is 9.84. The van der Waals surface area contributed by atoms with Crippen molar-refractivity contribution in [3.8, 4) is 11.4 Å². The molecule has 0 spiro atoms. The molecule has 1 amide bonds. The fourth-order valence-corrected chi connectivity index (χ4v) is 4.02. The van der Waals surface area contributed by atoms with Crippen molar-refractivity contribution in [3.05, 3.63) is 40.4 Å². The fraction of sp³-hybridized carbons (Fsp3) is 0.250. The molecule has 0 fully saturated rings. The number of carbonyl (C=O) groups excluding carboxylic acids is 1. The van der Waals surface area contributed by atoms with Gasteiger partial charge in [0.1, 0.15) is 0 Å². The molecule has 6 nitrogen and oxygen atoms in total. The summed E-state index contributed by atoms with van der Waals surface area (Å²) in [7, 11) is 0. The summed E-state index contributed by atoms with van der Waals surface area (Å²) in [6.07, 6.45) is 0. The Labute approximate surface area is 158 Å². The third-order valence-corrected chi connectivity index (χ3v) is 5.44. The number of amides is 1. The molecule has 0 aliphatic carbocycles. The lowest BCUT2D eigenvalue weighted by atomic mass is 10.2. The van der Waals surface area contributed by atoms with Crippen molar-refractivity contribution < 1.29 is 4.79 Å². The number of nitrogens with one attached hydrogen (secondary N) is 1. The van der Waals surface area contributed by atoms with E-state index in [1.165, 1.54) is 23.1 Å². The summed E-state index contributed by atoms with van der Waals surface area (Å²) < 4.78 is 0. The zero-order chi connectivity index (χ0) is 17.8. The van der Waals surface area contributed by atoms with Crippen LogP contribution in [0.2, 0.25) is 5.02 Å². The van der Waals surface area contributed by atoms with Crippen molar-refractivity contribution in [2.24, 2.45) is 0 Å². The van der Waals surface area contributed by atoms with E-state index in [0.717, 1.165) is 16.4 Å². The highest BCUT2D eigenvalue weighted by atomic mass is 35.5. The highest BCUT2D eigenvalue weighted by Gasteiger charge is 2.14. The van der Waals surface area contributed by atoms with Gasteiger partial charge in [-0.1, -0.05) is 23.4 Å². The van der Waals surface area contributed by atoms with E-state index in [-0.39, 0.29) is 5.91 Å². The van der Waals surface area contributed by atoms with E-state index >= 15 is 0 Å². The Morgan fingerprint density at radius 3 is 2.76 bits per heavy atom. The van der Waals surface area contributed by atoms with Gasteiger partial charge in [0, 0.05) is 35.2 Å². The number of anilines is 1. The Balaban J connectivity index is 1.64. The van der Waals surface area contributed by atoms with Crippen molar-refractivity contribution >= 4 is 45.7 Å². The maximum atomic E-state index is 11.6. The third kappa shape index (κ3) is 4.39. The average molecular weight is 394 g/mol. The van der Waals surface area contributed by atoms with Gasteiger partial charge in [0.05, 0.1) is 5.69 Å². The van der Waals surface area contributed by atoms with Gasteiger partial charge in [-0.25, -0.2) is 9.97 Å². The van der Waals surface area contributed by atoms with Gasteiger partial charge in [-0.2, -0.15) is 0 Å². The second-order valence-corrected chi connectivity index (χ2v) is 7.36. The quantitative estimate of drug-likeness (QED) is 0.633. The first-order chi connectivity index (χ1) is 12.1. The third-order valence-electron chi connectivity index (χ3n) is 3.40. The molecular weight excluding hydrogens is 378 g/mol. The number of thioether (sulfide) groups is 1. The summed E-state index contributed by atoms with van der Waals surface area (Å²) in [4.78, 5) is 22.2. The van der Waals surface area contributed by atoms with Gasteiger partial charge in [0.15, 0.2) is 11.0 Å². The summed E-state index contributed by atoms with van der Waals surface area (Å²) in [5.74, 6) is 1.34. The summed E-state index contributed by atoms with van der Waals surface area (Å²) in [6, 6.07) is 7.42. The topological polar surface area (TPSA) is 74.8 Å². The van der Waals surface area contributed by atoms with Crippen LogP contribution in [0, 0.1) is 0 Å². The van der Waals surface area contributed by atoms with Crippen LogP contribution >= 0.6 is 34.7 Å². The first kappa shape index (κ1) is 17.9. The van der Waals surface area contributed by atoms with Crippen LogP contribution < -0.4 is 4.90 Å². The van der Waals surface area contributed by atoms with Crippen LogP contribution in [-0.4, -0.2) is 32.6 Å². The number of H-pyrrole nitrogens is 1. The fourth-order valence-electron chi connectivity index (χ4n) is 2.17. The van der Waals surface area contributed by atoms with Crippen LogP contribution in [0.25, 0.3) is 11.4 Å². The molecule has 0 saturated heterocycles. The Hall–Kier alpha value is -1.90. The van der Waals surface area contributed by atoms with E-state index in [4.69, 9.17) is 11.6 Å². The largest absolute Gasteiger partial charge is 0.289 e. The van der Waals surface area contributed by atoms with E-state index < -0.39 is 0 Å². The number of hydrogen-bond acceptors (Lipinski definition) is 6. The molecule has 2 aromatic heterocycles. The zero-order valence-electron chi connectivity index (χ0n) is 13.7. The van der Waals surface area contributed by atoms with Gasteiger partial charge in [-0.3, -0.25) is 14.8 Å². The van der Waals surface area contributed by atoms with Crippen LogP contribution in [0.1, 0.15) is 19.5 Å². The summed E-state index contributed by atoms with van der Waals surface area (Å²) >= 11 is 8.86. The Kier molecular flexibility index (Phi) is 5.72. The van der Waals surface area contributed by atoms with Crippen molar-refractivity contribution in [1.29, 1.82) is 0 Å². The maximum absolute atomic E-state index is 11.6. The minimum atomic E-state index is -0.00220. The van der Waals surface area contributed by atoms with E-state index in [1.807, 2.05) is 36.6 Å². The first-order valence-electron chi connectivity index (χ1n) is 7.60. The highest BCUT2D eigenvalue weighted by molar-refractivity contribution is 7.98. The molecule has 9 heteroatoms. The van der Waals surface area contributed by atoms with Crippen LogP contribution in [0.5, 0.6) is 0 Å². The standard InChI is InChI=1S/C16H16ClN5OS2/c1-3-22(10(2)23)16-18-13(9-25-16)8-24-15-19-14(20-21-15)11-4-6-12(17)7-5-11/h4-7,9H,3,8H2,1-2H3,(H,19,20,21). The minimum absolute atomic E-state index is 0.00220. The number of hydrogen-bond donors (Lipinski definition) is 1. The Morgan fingerprint density at radius 2 is 2.08 bits per heavy atom. The summed E-state index contributed by atoms with van der Waals surface area (Å²) in [5.41, 5.74) is 1.84. The molecule has 3 aromatic rings. The smallest absolute Gasteiger partial charge is 0.225 e. The number of thiazole rings is 1. The lowest BCUT2D eigenvalue weighted by molar-refractivity contribution is -0.116. The second-order valence-electron chi connectivity index (χ2n) is 5.15. The molecular formula is C16H16ClN5OS2. The molecule has 0 radical (unpaired) electrons. The number of rotatable bonds is 6. The van der Waals surface area contributed by atoms with Gasteiger partial charge in [-0.05, 0) is 31.2 Å². The van der Waals surface area contributed by atoms with Crippen molar-refractivity contribution in [2.75, 3.05) is 11.4 Å². The van der Waals surface area contributed by atoms with Gasteiger partial charge in [-0.15, -0.1) is 16.4 Å². The van der Waals surface area contributed by atoms with E-state index in [9.17, 15) is 4.79 Å². The van der Waals surface area contributed by atoms with E-state index in [1.54, 1.807) is 11.8 Å². The normalized spacial score (nSPS) is 10.8. The predicted octanol–water partition coefficient (Wildman–Crippen LogP) is 4.25. The van der Waals surface area contributed by atoms with Gasteiger partial charge >= 0.3 is 0 Å². The molecule has 0 aliphatic rings. The SMILES string of the molecule is CCN(C(C)=O)c1nc(CSc2n[nH]c(-c3ccc(Cl)cc3)n2)cs1. The lowest BCUT2D eigenvalue weighted by Gasteiger charge is -2.14. The van der Waals surface area contributed by atoms with E-state index in [0.29, 0.717) is 28.3 Å². The number of nitrogens with zero attached hydrogens (tertiary/aromatic N) is 4. The number of aromatic nitrogens is 4. The monoisotopic (exact) mass is 393 g/mol. The molecule has 0 aliphatic heterocycles. The number of aromatic amines is 1. The van der Waals surface area contributed by atoms with Crippen molar-refractivity contribution in [1.82, 2.24) is 20.2 Å². The Bertz CT molecular complexity index is 862. The number of benzene rings is 1. The van der Waals surface area contributed by atoms with Crippen LogP contribution in [-0.2, 0) is 10.5 Å². The van der Waals surface area contributed by atoms with Gasteiger partial charge in [0.25, 0.3) is 0 Å². The number of carbonyl (C=O) groups is 1. The molecule has 0 saturated carbocycles. The Morgan fingerprint density at radius 1 is 1.32 bits per heavy atom. The molecule has 1 N–H and O–H groups in total. The molecule has 0 bridgehead atoms. The van der Waals surface area contributed by atoms with Crippen LogP contribution in [0.15, 0.2) is 34.8 Å². The molecule has 130 valence electrons. The maximum Gasteiger partial charge on any atom is 0.225 e. The predicted molar refractivity (Wildman–Crippen MR) is 102 cm³/mol. The summed E-state index contributed by atoms with van der Waals surface area (Å²) in [6.45, 7) is 4.09. The van der Waals surface area contributed by atoms with Crippen LogP contribution in [0.4, 0.5) is 5.13 Å². The lowest BCUT2D eigenvalue weighted by Crippen LogP contribution is -2.27. The summed E-state index contributed by atoms with van der Waals surface area (Å²) in [5, 5.41) is 11.2. The molecule has 0 atom stereocenters. The molecule has 0 unspecified atom stereocenters. The van der Waals surface area contributed by atoms with Crippen molar-refractivity contribution in [2.45, 2.75) is 24.8 Å². The zero-order valence-corrected chi connectivity index (χ0v) is 16.1. The molecule has 1 aromatic carbocycles. The average Bonchev–Trinajstić information content (AvgIpc) is 3.23. The number of halogens is 1. The molecule has 2 heterocycles. The molecule has 3 rings (SSSR count). The second kappa shape index (κ2) is 7.99. The van der Waals surface area contributed by atoms with Crippen LogP contribution in [0.3, 0.4) is 0 Å². The van der Waals surface area contributed by atoms with Gasteiger partial charge in [0.2, 0.25) is 11.1 Å². The molecule has 25 heavy (non-hydrogen) atoms.